The van der Waals surface area contributed by atoms with Gasteiger partial charge < -0.3 is 14.2 Å². The lowest BCUT2D eigenvalue weighted by molar-refractivity contribution is -0.167. The third-order valence-corrected chi connectivity index (χ3v) is 14.1. The second-order valence-electron chi connectivity index (χ2n) is 22.0. The molecule has 0 heterocycles. The van der Waals surface area contributed by atoms with Crippen LogP contribution < -0.4 is 0 Å². The van der Waals surface area contributed by atoms with Crippen LogP contribution in [0.3, 0.4) is 0 Å². The molecule has 1 atom stereocenters. The fourth-order valence-electron chi connectivity index (χ4n) is 9.07. The summed E-state index contributed by atoms with van der Waals surface area (Å²) in [5.74, 6) is -0.924. The van der Waals surface area contributed by atoms with Gasteiger partial charge in [0.2, 0.25) is 0 Å². The fraction of sp³-hybridized carbons (Fsp3) is 0.667. The van der Waals surface area contributed by atoms with Gasteiger partial charge in [-0.2, -0.15) is 0 Å². The van der Waals surface area contributed by atoms with Crippen LogP contribution in [0.15, 0.2) is 134 Å². The van der Waals surface area contributed by atoms with Crippen LogP contribution in [0.4, 0.5) is 0 Å². The molecule has 0 fully saturated rings. The van der Waals surface area contributed by atoms with Gasteiger partial charge in [-0.1, -0.05) is 276 Å². The molecule has 0 rings (SSSR count). The van der Waals surface area contributed by atoms with Crippen molar-refractivity contribution < 1.29 is 28.6 Å². The lowest BCUT2D eigenvalue weighted by Gasteiger charge is -2.18. The zero-order valence-corrected chi connectivity index (χ0v) is 52.8. The summed E-state index contributed by atoms with van der Waals surface area (Å²) in [5.41, 5.74) is 0. The molecule has 6 heteroatoms. The lowest BCUT2D eigenvalue weighted by atomic mass is 10.1. The number of hydrogen-bond donors (Lipinski definition) is 0. The van der Waals surface area contributed by atoms with E-state index in [1.54, 1.807) is 0 Å². The maximum absolute atomic E-state index is 12.9. The third-order valence-electron chi connectivity index (χ3n) is 14.1. The number of esters is 3. The summed E-state index contributed by atoms with van der Waals surface area (Å²) in [7, 11) is 0. The Morgan fingerprint density at radius 2 is 0.481 bits per heavy atom. The number of unbranched alkanes of at least 4 members (excludes halogenated alkanes) is 27. The lowest BCUT2D eigenvalue weighted by Crippen LogP contribution is -2.30. The SMILES string of the molecule is CC/C=C\C/C=C\C/C=C\C/C=C\C/C=C\C/C=C\C/C=C\CCCCCCCC(=O)OCC(COC(=O)CCCCCCCCC/C=C\C/C=C\CCCCCC)OC(=O)CCCCCCCCC/C=C\C/C=C\CCCCCC. The predicted octanol–water partition coefficient (Wildman–Crippen LogP) is 23.3. The maximum atomic E-state index is 12.9. The highest BCUT2D eigenvalue weighted by Gasteiger charge is 2.19. The number of carbonyl (C=O) groups is 3. The second kappa shape index (κ2) is 68.1. The molecule has 0 radical (unpaired) electrons. The second-order valence-corrected chi connectivity index (χ2v) is 22.0. The van der Waals surface area contributed by atoms with Crippen molar-refractivity contribution in [1.29, 1.82) is 0 Å². The molecular formula is C75H124O6. The van der Waals surface area contributed by atoms with Crippen LogP contribution in [0.1, 0.15) is 303 Å². The van der Waals surface area contributed by atoms with Gasteiger partial charge in [-0.25, -0.2) is 0 Å². The quantitative estimate of drug-likeness (QED) is 0.0261. The van der Waals surface area contributed by atoms with Gasteiger partial charge >= 0.3 is 17.9 Å². The molecule has 0 saturated heterocycles. The largest absolute Gasteiger partial charge is 0.462 e. The molecular weight excluding hydrogens is 997 g/mol. The molecule has 0 spiro atoms. The van der Waals surface area contributed by atoms with E-state index in [1.807, 2.05) is 0 Å². The Balaban J connectivity index is 4.45. The summed E-state index contributed by atoms with van der Waals surface area (Å²) in [5, 5.41) is 0. The fourth-order valence-corrected chi connectivity index (χ4v) is 9.07. The van der Waals surface area contributed by atoms with Crippen molar-refractivity contribution in [2.75, 3.05) is 13.2 Å². The minimum atomic E-state index is -0.801. The van der Waals surface area contributed by atoms with Crippen LogP contribution >= 0.6 is 0 Å². The molecule has 0 aromatic heterocycles. The molecule has 0 aromatic carbocycles. The third kappa shape index (κ3) is 66.2. The highest BCUT2D eigenvalue weighted by molar-refractivity contribution is 5.71. The molecule has 0 aromatic rings. The zero-order valence-electron chi connectivity index (χ0n) is 52.8. The maximum Gasteiger partial charge on any atom is 0.306 e. The summed E-state index contributed by atoms with van der Waals surface area (Å²) in [6.45, 7) is 6.48. The Kier molecular flexibility index (Phi) is 64.3. The Bertz CT molecular complexity index is 1720. The summed E-state index contributed by atoms with van der Waals surface area (Å²) in [4.78, 5) is 38.4. The standard InChI is InChI=1S/C75H124O6/c1-4-7-10-13-16-19-22-25-28-31-34-35-36-37-38-39-40-41-42-45-47-50-53-56-59-62-65-68-74(77)80-71-72(81-75(78)69-66-63-60-57-54-51-48-44-33-30-27-24-21-18-15-12-9-6-3)70-79-73(76)67-64-61-58-55-52-49-46-43-32-29-26-23-20-17-14-11-8-5-2/h7,10,16,19-21,23-25,28-30,32-35,37-38,40-41,45,47,72H,4-6,8-9,11-15,17-18,22,26-27,31,36,39,42-44,46,48-71H2,1-3H3/b10-7-,19-16-,23-20-,24-21-,28-25-,32-29-,33-30-,35-34-,38-37-,41-40-,47-45-. The summed E-state index contributed by atoms with van der Waals surface area (Å²) >= 11 is 0. The molecule has 0 N–H and O–H groups in total. The summed E-state index contributed by atoms with van der Waals surface area (Å²) < 4.78 is 16.9. The highest BCUT2D eigenvalue weighted by Crippen LogP contribution is 2.15. The number of rotatable bonds is 60. The van der Waals surface area contributed by atoms with Crippen LogP contribution in [0.5, 0.6) is 0 Å². The average molecular weight is 1120 g/mol. The van der Waals surface area contributed by atoms with Crippen molar-refractivity contribution in [3.05, 3.63) is 134 Å². The van der Waals surface area contributed by atoms with E-state index in [-0.39, 0.29) is 31.1 Å². The first-order chi connectivity index (χ1) is 40.0. The molecule has 81 heavy (non-hydrogen) atoms. The van der Waals surface area contributed by atoms with Gasteiger partial charge in [0, 0.05) is 19.3 Å². The summed E-state index contributed by atoms with van der Waals surface area (Å²) in [6.07, 6.45) is 95.9. The van der Waals surface area contributed by atoms with E-state index in [2.05, 4.69) is 154 Å². The topological polar surface area (TPSA) is 78.9 Å². The number of ether oxygens (including phenoxy) is 3. The van der Waals surface area contributed by atoms with Crippen molar-refractivity contribution in [2.45, 2.75) is 309 Å². The van der Waals surface area contributed by atoms with Gasteiger partial charge in [-0.15, -0.1) is 0 Å². The molecule has 460 valence electrons. The van der Waals surface area contributed by atoms with E-state index in [0.717, 1.165) is 148 Å². The first-order valence-corrected chi connectivity index (χ1v) is 33.7. The van der Waals surface area contributed by atoms with E-state index < -0.39 is 6.10 Å². The van der Waals surface area contributed by atoms with E-state index in [0.29, 0.717) is 19.3 Å². The van der Waals surface area contributed by atoms with E-state index in [1.165, 1.54) is 116 Å². The summed E-state index contributed by atoms with van der Waals surface area (Å²) in [6, 6.07) is 0. The monoisotopic (exact) mass is 1120 g/mol. The highest BCUT2D eigenvalue weighted by atomic mass is 16.6. The Labute approximate surface area is 500 Å². The van der Waals surface area contributed by atoms with Gasteiger partial charge in [-0.3, -0.25) is 14.4 Å². The van der Waals surface area contributed by atoms with Crippen molar-refractivity contribution in [3.8, 4) is 0 Å². The smallest absolute Gasteiger partial charge is 0.306 e. The first kappa shape index (κ1) is 76.5. The molecule has 0 aliphatic heterocycles. The van der Waals surface area contributed by atoms with E-state index >= 15 is 0 Å². The van der Waals surface area contributed by atoms with Crippen LogP contribution in [0.25, 0.3) is 0 Å². The van der Waals surface area contributed by atoms with E-state index in [9.17, 15) is 14.4 Å². The van der Waals surface area contributed by atoms with Crippen molar-refractivity contribution in [2.24, 2.45) is 0 Å². The molecule has 0 bridgehead atoms. The van der Waals surface area contributed by atoms with Gasteiger partial charge in [0.05, 0.1) is 0 Å². The minimum Gasteiger partial charge on any atom is -0.462 e. The number of carbonyl (C=O) groups excluding carboxylic acids is 3. The molecule has 1 unspecified atom stereocenters. The van der Waals surface area contributed by atoms with Crippen LogP contribution in [0.2, 0.25) is 0 Å². The minimum absolute atomic E-state index is 0.0948. The van der Waals surface area contributed by atoms with Crippen molar-refractivity contribution >= 4 is 17.9 Å². The van der Waals surface area contributed by atoms with Crippen molar-refractivity contribution in [3.63, 3.8) is 0 Å². The van der Waals surface area contributed by atoms with Crippen LogP contribution in [-0.4, -0.2) is 37.2 Å². The average Bonchev–Trinajstić information content (AvgIpc) is 3.47. The van der Waals surface area contributed by atoms with Crippen LogP contribution in [0, 0.1) is 0 Å². The van der Waals surface area contributed by atoms with Gasteiger partial charge in [0.25, 0.3) is 0 Å². The molecule has 0 saturated carbocycles. The van der Waals surface area contributed by atoms with Gasteiger partial charge in [0.1, 0.15) is 13.2 Å². The van der Waals surface area contributed by atoms with E-state index in [4.69, 9.17) is 14.2 Å². The van der Waals surface area contributed by atoms with Crippen LogP contribution in [-0.2, 0) is 28.6 Å². The van der Waals surface area contributed by atoms with Crippen molar-refractivity contribution in [1.82, 2.24) is 0 Å². The molecule has 0 aliphatic rings. The predicted molar refractivity (Wildman–Crippen MR) is 353 cm³/mol. The molecule has 0 aliphatic carbocycles. The Morgan fingerprint density at radius 1 is 0.259 bits per heavy atom. The molecule has 6 nitrogen and oxygen atoms in total. The normalized spacial score (nSPS) is 13.0. The number of allylic oxidation sites excluding steroid dienone is 22. The Morgan fingerprint density at radius 3 is 0.753 bits per heavy atom. The first-order valence-electron chi connectivity index (χ1n) is 33.7. The van der Waals surface area contributed by atoms with Gasteiger partial charge in [-0.05, 0) is 141 Å². The van der Waals surface area contributed by atoms with Gasteiger partial charge in [0.15, 0.2) is 6.10 Å². The zero-order chi connectivity index (χ0) is 58.5. The Hall–Kier alpha value is -4.45. The number of hydrogen-bond acceptors (Lipinski definition) is 6. The molecule has 0 amide bonds.